The molecule has 87 heavy (non-hydrogen) atoms. The van der Waals surface area contributed by atoms with Crippen molar-refractivity contribution in [1.82, 2.24) is 52.4 Å². The summed E-state index contributed by atoms with van der Waals surface area (Å²) < 4.78 is 0. The third-order valence-electron chi connectivity index (χ3n) is 14.7. The summed E-state index contributed by atoms with van der Waals surface area (Å²) in [6.45, 7) is 12.8. The molecule has 1 aliphatic heterocycles. The van der Waals surface area contributed by atoms with E-state index in [1.807, 2.05) is 32.0 Å². The van der Waals surface area contributed by atoms with E-state index in [9.17, 15) is 68.1 Å². The first kappa shape index (κ1) is 70.7. The summed E-state index contributed by atoms with van der Waals surface area (Å²) in [7, 11) is 0. The summed E-state index contributed by atoms with van der Waals surface area (Å²) in [5.41, 5.74) is 18.9. The van der Waals surface area contributed by atoms with Crippen LogP contribution in [-0.2, 0) is 65.6 Å². The van der Waals surface area contributed by atoms with Crippen molar-refractivity contribution in [2.45, 2.75) is 168 Å². The van der Waals surface area contributed by atoms with Crippen molar-refractivity contribution in [2.24, 2.45) is 45.9 Å². The molecule has 0 unspecified atom stereocenters. The first-order valence-corrected chi connectivity index (χ1v) is 29.3. The van der Waals surface area contributed by atoms with Crippen LogP contribution in [0.25, 0.3) is 10.9 Å². The SMILES string of the molecule is CC(C)C[C@H](NC(=O)[C@@H](N)CCCN=C(N)N)C(=O)N[C@@H](Cc1ccc(O)cc1)C(=O)N1CCC[C@H]1C(=O)N[C@@H](Cc1c[nH]c2ccccc12)C(=O)NCC(=O)N[C@H](C(=O)N[C@H](C(=O)N[C@@H](CCC(=O)O)C(=O)N[C@H](C(=O)O)C(C)C)C(C)C)C(C)C. The summed E-state index contributed by atoms with van der Waals surface area (Å²) in [4.78, 5) is 158. The van der Waals surface area contributed by atoms with Crippen LogP contribution in [0.2, 0.25) is 0 Å². The molecule has 3 aromatic rings. The van der Waals surface area contributed by atoms with Crippen molar-refractivity contribution < 1.29 is 68.1 Å². The predicted molar refractivity (Wildman–Crippen MR) is 321 cm³/mol. The number of carbonyl (C=O) groups is 11. The lowest BCUT2D eigenvalue weighted by Crippen LogP contribution is -2.60. The number of nitrogens with zero attached hydrogens (tertiary/aromatic N) is 2. The van der Waals surface area contributed by atoms with E-state index < -0.39 is 157 Å². The van der Waals surface area contributed by atoms with Gasteiger partial charge in [0.15, 0.2) is 5.96 Å². The molecule has 9 amide bonds. The van der Waals surface area contributed by atoms with Crippen LogP contribution in [0.15, 0.2) is 59.7 Å². The van der Waals surface area contributed by atoms with Crippen molar-refractivity contribution >= 4 is 82.0 Å². The predicted octanol–water partition coefficient (Wildman–Crippen LogP) is -0.496. The van der Waals surface area contributed by atoms with Gasteiger partial charge in [0, 0.05) is 49.5 Å². The average Bonchev–Trinajstić information content (AvgIpc) is 3.48. The molecule has 0 radical (unpaired) electrons. The second-order valence-corrected chi connectivity index (χ2v) is 23.3. The smallest absolute Gasteiger partial charge is 0.326 e. The second kappa shape index (κ2) is 33.8. The first-order chi connectivity index (χ1) is 41.0. The van der Waals surface area contributed by atoms with E-state index in [0.717, 1.165) is 10.9 Å². The number of nitrogens with one attached hydrogen (secondary N) is 9. The molecule has 9 atom stereocenters. The Morgan fingerprint density at radius 3 is 1.85 bits per heavy atom. The van der Waals surface area contributed by atoms with Gasteiger partial charge in [0.25, 0.3) is 0 Å². The number of rotatable bonds is 34. The number of amides is 9. The number of benzene rings is 2. The maximum absolute atomic E-state index is 14.8. The number of carboxylic acid groups (broad SMARTS) is 2. The Labute approximate surface area is 505 Å². The van der Waals surface area contributed by atoms with Crippen LogP contribution in [-0.4, -0.2) is 170 Å². The van der Waals surface area contributed by atoms with Crippen molar-refractivity contribution in [3.05, 3.63) is 65.9 Å². The van der Waals surface area contributed by atoms with Gasteiger partial charge in [-0.05, 0) is 91.5 Å². The van der Waals surface area contributed by atoms with Crippen LogP contribution < -0.4 is 59.7 Å². The maximum Gasteiger partial charge on any atom is 0.326 e. The summed E-state index contributed by atoms with van der Waals surface area (Å²) in [5, 5.41) is 50.7. The minimum absolute atomic E-state index is 0.0408. The summed E-state index contributed by atoms with van der Waals surface area (Å²) in [5.74, 6) is -11.6. The van der Waals surface area contributed by atoms with Gasteiger partial charge in [-0.15, -0.1) is 0 Å². The van der Waals surface area contributed by atoms with Gasteiger partial charge in [-0.2, -0.15) is 0 Å². The summed E-state index contributed by atoms with van der Waals surface area (Å²) in [6.07, 6.45) is 1.80. The van der Waals surface area contributed by atoms with E-state index in [1.54, 1.807) is 65.9 Å². The van der Waals surface area contributed by atoms with E-state index in [4.69, 9.17) is 17.2 Å². The molecule has 478 valence electrons. The van der Waals surface area contributed by atoms with Crippen LogP contribution in [0.1, 0.15) is 111 Å². The molecule has 0 saturated carbocycles. The monoisotopic (exact) mass is 1220 g/mol. The Balaban J connectivity index is 1.54. The summed E-state index contributed by atoms with van der Waals surface area (Å²) >= 11 is 0. The standard InChI is InChI=1S/C59H88N14O14/c1-30(2)25-41(67-50(78)38(60)14-11-23-63-59(61)62)53(81)69-43(26-34-17-19-36(74)20-18-34)57(85)73-24-12-16-44(73)54(82)68-42(27-35-28-64-39-15-10-9-13-37(35)39)51(79)65-29-45(75)70-47(31(3)4)56(84)71-48(32(5)6)55(83)66-40(21-22-46(76)77)52(80)72-49(33(7)8)58(86)87/h9-10,13,15,17-20,28,30-33,38,40-44,47-49,64,74H,11-12,14,16,21-27,29,60H2,1-8H3,(H,65,79)(H,66,83)(H,67,78)(H,68,82)(H,69,81)(H,70,75)(H,71,84)(H,72,80)(H,76,77)(H,86,87)(H4,61,62,63)/t38-,40-,41-,42-,43-,44-,47-,48-,49-/m0/s1. The number of aromatic hydroxyl groups is 1. The number of carbonyl (C=O) groups excluding carboxylic acids is 9. The van der Waals surface area contributed by atoms with E-state index >= 15 is 0 Å². The van der Waals surface area contributed by atoms with E-state index in [-0.39, 0.29) is 62.8 Å². The molecule has 18 N–H and O–H groups in total. The number of hydrogen-bond acceptors (Lipinski definition) is 14. The van der Waals surface area contributed by atoms with Gasteiger partial charge in [0.2, 0.25) is 53.2 Å². The molecule has 28 heteroatoms. The number of carboxylic acids is 2. The molecule has 2 aromatic carbocycles. The van der Waals surface area contributed by atoms with Gasteiger partial charge in [0.1, 0.15) is 54.1 Å². The molecule has 1 fully saturated rings. The molecule has 28 nitrogen and oxygen atoms in total. The maximum atomic E-state index is 14.8. The molecule has 0 bridgehead atoms. The Morgan fingerprint density at radius 2 is 1.24 bits per heavy atom. The number of nitrogens with two attached hydrogens (primary N) is 3. The van der Waals surface area contributed by atoms with Crippen molar-refractivity contribution in [3.63, 3.8) is 0 Å². The minimum atomic E-state index is -1.50. The van der Waals surface area contributed by atoms with Gasteiger partial charge in [-0.3, -0.25) is 52.9 Å². The van der Waals surface area contributed by atoms with Crippen LogP contribution in [0.3, 0.4) is 0 Å². The van der Waals surface area contributed by atoms with Gasteiger partial charge in [-0.25, -0.2) is 4.79 Å². The largest absolute Gasteiger partial charge is 0.508 e. The zero-order valence-electron chi connectivity index (χ0n) is 50.6. The zero-order valence-corrected chi connectivity index (χ0v) is 50.6. The zero-order chi connectivity index (χ0) is 64.8. The molecule has 0 spiro atoms. The Hall–Kier alpha value is -8.82. The highest BCUT2D eigenvalue weighted by Gasteiger charge is 2.41. The quantitative estimate of drug-likeness (QED) is 0.0204. The number of aromatic amines is 1. The van der Waals surface area contributed by atoms with Crippen LogP contribution in [0.5, 0.6) is 5.75 Å². The number of H-pyrrole nitrogens is 1. The molecule has 1 aliphatic rings. The molecule has 1 saturated heterocycles. The van der Waals surface area contributed by atoms with Gasteiger partial charge < -0.3 is 84.9 Å². The number of likely N-dealkylation sites (tertiary alicyclic amines) is 1. The molecular formula is C59H88N14O14. The number of guanidine groups is 1. The molecule has 4 rings (SSSR count). The Morgan fingerprint density at radius 1 is 0.655 bits per heavy atom. The fourth-order valence-corrected chi connectivity index (χ4v) is 9.87. The van der Waals surface area contributed by atoms with Crippen molar-refractivity contribution in [2.75, 3.05) is 19.6 Å². The van der Waals surface area contributed by atoms with Crippen LogP contribution >= 0.6 is 0 Å². The second-order valence-electron chi connectivity index (χ2n) is 23.3. The fourth-order valence-electron chi connectivity index (χ4n) is 9.87. The number of para-hydroxylation sites is 1. The van der Waals surface area contributed by atoms with E-state index in [1.165, 1.54) is 17.0 Å². The van der Waals surface area contributed by atoms with Crippen molar-refractivity contribution in [1.29, 1.82) is 0 Å². The fraction of sp³-hybridized carbons (Fsp3) is 0.559. The number of hydrogen-bond donors (Lipinski definition) is 15. The van der Waals surface area contributed by atoms with E-state index in [0.29, 0.717) is 24.0 Å². The number of aliphatic imine (C=N–C) groups is 1. The average molecular weight is 1220 g/mol. The first-order valence-electron chi connectivity index (χ1n) is 29.3. The highest BCUT2D eigenvalue weighted by molar-refractivity contribution is 5.99. The Bertz CT molecular complexity index is 2930. The number of fused-ring (bicyclic) bond motifs is 1. The third-order valence-corrected chi connectivity index (χ3v) is 14.7. The highest BCUT2D eigenvalue weighted by atomic mass is 16.4. The Kier molecular flexibility index (Phi) is 27.4. The van der Waals surface area contributed by atoms with Gasteiger partial charge >= 0.3 is 11.9 Å². The van der Waals surface area contributed by atoms with E-state index in [2.05, 4.69) is 52.5 Å². The topological polar surface area (TPSA) is 454 Å². The molecule has 0 aliphatic carbocycles. The van der Waals surface area contributed by atoms with Crippen LogP contribution in [0.4, 0.5) is 0 Å². The lowest BCUT2D eigenvalue weighted by molar-refractivity contribution is -0.144. The molecular weight excluding hydrogens is 1130 g/mol. The summed E-state index contributed by atoms with van der Waals surface area (Å²) in [6, 6.07) is 1.79. The lowest BCUT2D eigenvalue weighted by Gasteiger charge is -2.31. The van der Waals surface area contributed by atoms with Gasteiger partial charge in [0.05, 0.1) is 12.6 Å². The number of phenols is 1. The van der Waals surface area contributed by atoms with Gasteiger partial charge in [-0.1, -0.05) is 85.7 Å². The molecule has 1 aromatic heterocycles. The van der Waals surface area contributed by atoms with Crippen molar-refractivity contribution in [3.8, 4) is 5.75 Å². The normalized spacial score (nSPS) is 15.9. The molecule has 2 heterocycles. The number of aliphatic carboxylic acids is 2. The lowest BCUT2D eigenvalue weighted by atomic mass is 9.98. The number of phenolic OH excluding ortho intramolecular Hbond substituents is 1. The highest BCUT2D eigenvalue weighted by Crippen LogP contribution is 2.23. The third kappa shape index (κ3) is 22.2. The minimum Gasteiger partial charge on any atom is -0.508 e. The number of aromatic nitrogens is 1. The van der Waals surface area contributed by atoms with Crippen LogP contribution in [0, 0.1) is 23.7 Å².